The highest BCUT2D eigenvalue weighted by Crippen LogP contribution is 2.24. The van der Waals surface area contributed by atoms with Crippen molar-refractivity contribution in [2.24, 2.45) is 0 Å². The van der Waals surface area contributed by atoms with Crippen LogP contribution in [0.3, 0.4) is 0 Å². The Bertz CT molecular complexity index is 1270. The summed E-state index contributed by atoms with van der Waals surface area (Å²) in [7, 11) is 0. The second-order valence-corrected chi connectivity index (χ2v) is 7.54. The Labute approximate surface area is 166 Å². The summed E-state index contributed by atoms with van der Waals surface area (Å²) < 4.78 is 2.01. The van der Waals surface area contributed by atoms with Crippen LogP contribution in [0.2, 0.25) is 0 Å². The molecule has 0 aliphatic heterocycles. The lowest BCUT2D eigenvalue weighted by Crippen LogP contribution is -2.14. The maximum atomic E-state index is 12.6. The molecule has 0 radical (unpaired) electrons. The molecule has 0 saturated carbocycles. The molecule has 0 bridgehead atoms. The maximum absolute atomic E-state index is 12.6. The minimum Gasteiger partial charge on any atom is -0.326 e. The highest BCUT2D eigenvalue weighted by molar-refractivity contribution is 7.15. The zero-order valence-electron chi connectivity index (χ0n) is 15.0. The maximum Gasteiger partial charge on any atom is 0.228 e. The van der Waals surface area contributed by atoms with Crippen LogP contribution in [0.4, 0.5) is 5.69 Å². The van der Waals surface area contributed by atoms with Gasteiger partial charge < -0.3 is 5.32 Å². The molecular weight excluding hydrogens is 366 g/mol. The topological polar surface area (TPSA) is 46.4 Å². The van der Waals surface area contributed by atoms with Gasteiger partial charge in [-0.2, -0.15) is 0 Å². The number of benzene rings is 3. The van der Waals surface area contributed by atoms with Gasteiger partial charge >= 0.3 is 0 Å². The van der Waals surface area contributed by atoms with Gasteiger partial charge in [-0.3, -0.25) is 9.20 Å². The average Bonchev–Trinajstić information content (AvgIpc) is 3.31. The molecule has 136 valence electrons. The molecule has 5 rings (SSSR count). The van der Waals surface area contributed by atoms with Crippen LogP contribution in [0.25, 0.3) is 27.0 Å². The summed E-state index contributed by atoms with van der Waals surface area (Å²) in [4.78, 5) is 18.2. The number of anilines is 1. The van der Waals surface area contributed by atoms with Crippen LogP contribution in [0.15, 0.2) is 84.5 Å². The number of carbonyl (C=O) groups excluding carboxylic acids is 1. The van der Waals surface area contributed by atoms with Crippen molar-refractivity contribution < 1.29 is 4.79 Å². The Morgan fingerprint density at radius 1 is 1.04 bits per heavy atom. The average molecular weight is 383 g/mol. The lowest BCUT2D eigenvalue weighted by molar-refractivity contribution is -0.115. The number of thiazole rings is 1. The summed E-state index contributed by atoms with van der Waals surface area (Å²) in [6.07, 6.45) is 4.33. The molecule has 5 heteroatoms. The second-order valence-electron chi connectivity index (χ2n) is 6.66. The monoisotopic (exact) mass is 383 g/mol. The first-order valence-electron chi connectivity index (χ1n) is 9.05. The molecule has 3 aromatic carbocycles. The molecule has 28 heavy (non-hydrogen) atoms. The summed E-state index contributed by atoms with van der Waals surface area (Å²) in [6, 6.07) is 22.0. The van der Waals surface area contributed by atoms with Crippen molar-refractivity contribution >= 4 is 38.7 Å². The molecule has 0 fully saturated rings. The molecular formula is C23H17N3OS. The van der Waals surface area contributed by atoms with Crippen molar-refractivity contribution in [3.63, 3.8) is 0 Å². The van der Waals surface area contributed by atoms with Crippen LogP contribution in [0.5, 0.6) is 0 Å². The zero-order chi connectivity index (χ0) is 18.9. The number of hydrogen-bond donors (Lipinski definition) is 1. The van der Waals surface area contributed by atoms with Crippen LogP contribution < -0.4 is 5.32 Å². The van der Waals surface area contributed by atoms with E-state index in [-0.39, 0.29) is 5.91 Å². The minimum absolute atomic E-state index is 0.0284. The number of aromatic nitrogens is 2. The van der Waals surface area contributed by atoms with Crippen LogP contribution in [-0.4, -0.2) is 15.3 Å². The molecule has 4 nitrogen and oxygen atoms in total. The Kier molecular flexibility index (Phi) is 4.14. The predicted molar refractivity (Wildman–Crippen MR) is 115 cm³/mol. The second kappa shape index (κ2) is 6.94. The summed E-state index contributed by atoms with van der Waals surface area (Å²) in [5.74, 6) is -0.0284. The number of carbonyl (C=O) groups is 1. The Morgan fingerprint density at radius 3 is 2.82 bits per heavy atom. The molecule has 0 aliphatic carbocycles. The van der Waals surface area contributed by atoms with Crippen molar-refractivity contribution in [2.75, 3.05) is 5.32 Å². The molecule has 5 aromatic rings. The number of imidazole rings is 1. The third kappa shape index (κ3) is 3.17. The van der Waals surface area contributed by atoms with E-state index in [1.54, 1.807) is 11.3 Å². The standard InChI is InChI=1S/C23H17N3OS/c27-22(14-17-7-3-6-16-5-1-2-10-20(16)17)24-19-9-4-8-18(13-19)21-15-26-11-12-28-23(26)25-21/h1-13,15H,14H2,(H,24,27). The van der Waals surface area contributed by atoms with Gasteiger partial charge in [0.2, 0.25) is 5.91 Å². The van der Waals surface area contributed by atoms with E-state index in [4.69, 9.17) is 0 Å². The minimum atomic E-state index is -0.0284. The van der Waals surface area contributed by atoms with Crippen LogP contribution >= 0.6 is 11.3 Å². The third-order valence-electron chi connectivity index (χ3n) is 4.77. The highest BCUT2D eigenvalue weighted by atomic mass is 32.1. The summed E-state index contributed by atoms with van der Waals surface area (Å²) >= 11 is 1.60. The molecule has 2 aromatic heterocycles. The normalized spacial score (nSPS) is 11.1. The lowest BCUT2D eigenvalue weighted by atomic mass is 10.0. The third-order valence-corrected chi connectivity index (χ3v) is 5.54. The fourth-order valence-corrected chi connectivity index (χ4v) is 4.15. The summed E-state index contributed by atoms with van der Waals surface area (Å²) in [6.45, 7) is 0. The molecule has 1 amide bonds. The van der Waals surface area contributed by atoms with Crippen LogP contribution in [-0.2, 0) is 11.2 Å². The lowest BCUT2D eigenvalue weighted by Gasteiger charge is -2.09. The van der Waals surface area contributed by atoms with E-state index in [1.807, 2.05) is 70.7 Å². The van der Waals surface area contributed by atoms with E-state index in [2.05, 4.69) is 28.5 Å². The van der Waals surface area contributed by atoms with Crippen molar-refractivity contribution in [1.82, 2.24) is 9.38 Å². The number of nitrogens with one attached hydrogen (secondary N) is 1. The molecule has 2 heterocycles. The van der Waals surface area contributed by atoms with E-state index in [0.717, 1.165) is 38.2 Å². The number of amides is 1. The fraction of sp³-hybridized carbons (Fsp3) is 0.0435. The Hall–Kier alpha value is -3.44. The number of hydrogen-bond acceptors (Lipinski definition) is 3. The highest BCUT2D eigenvalue weighted by Gasteiger charge is 2.09. The van der Waals surface area contributed by atoms with Crippen LogP contribution in [0, 0.1) is 0 Å². The quantitative estimate of drug-likeness (QED) is 0.452. The molecule has 0 saturated heterocycles. The largest absolute Gasteiger partial charge is 0.326 e. The van der Waals surface area contributed by atoms with Crippen molar-refractivity contribution in [2.45, 2.75) is 6.42 Å². The SMILES string of the molecule is O=C(Cc1cccc2ccccc12)Nc1cccc(-c2cn3ccsc3n2)c1. The number of fused-ring (bicyclic) bond motifs is 2. The Balaban J connectivity index is 1.37. The van der Waals surface area contributed by atoms with E-state index >= 15 is 0 Å². The first kappa shape index (κ1) is 16.7. The zero-order valence-corrected chi connectivity index (χ0v) is 15.8. The number of nitrogens with zero attached hydrogens (tertiary/aromatic N) is 2. The fourth-order valence-electron chi connectivity index (χ4n) is 3.45. The molecule has 1 N–H and O–H groups in total. The summed E-state index contributed by atoms with van der Waals surface area (Å²) in [5, 5.41) is 7.30. The van der Waals surface area contributed by atoms with Gasteiger partial charge in [0.25, 0.3) is 0 Å². The first-order valence-corrected chi connectivity index (χ1v) is 9.93. The van der Waals surface area contributed by atoms with Crippen molar-refractivity contribution in [1.29, 1.82) is 0 Å². The number of rotatable bonds is 4. The Morgan fingerprint density at radius 2 is 1.89 bits per heavy atom. The smallest absolute Gasteiger partial charge is 0.228 e. The van der Waals surface area contributed by atoms with Gasteiger partial charge in [0, 0.05) is 29.0 Å². The van der Waals surface area contributed by atoms with Crippen molar-refractivity contribution in [3.8, 4) is 11.3 Å². The van der Waals surface area contributed by atoms with Crippen LogP contribution in [0.1, 0.15) is 5.56 Å². The van der Waals surface area contributed by atoms with E-state index in [9.17, 15) is 4.79 Å². The molecule has 0 spiro atoms. The van der Waals surface area contributed by atoms with E-state index < -0.39 is 0 Å². The summed E-state index contributed by atoms with van der Waals surface area (Å²) in [5.41, 5.74) is 3.69. The van der Waals surface area contributed by atoms with Gasteiger partial charge in [0.05, 0.1) is 12.1 Å². The van der Waals surface area contributed by atoms with Gasteiger partial charge in [-0.15, -0.1) is 11.3 Å². The molecule has 0 atom stereocenters. The van der Waals surface area contributed by atoms with Gasteiger partial charge in [-0.05, 0) is 28.5 Å². The van der Waals surface area contributed by atoms with E-state index in [1.165, 1.54) is 0 Å². The van der Waals surface area contributed by atoms with Crippen molar-refractivity contribution in [3.05, 3.63) is 90.1 Å². The van der Waals surface area contributed by atoms with Gasteiger partial charge in [0.1, 0.15) is 0 Å². The first-order chi connectivity index (χ1) is 13.8. The predicted octanol–water partition coefficient (Wildman–Crippen LogP) is 5.40. The molecule has 0 aliphatic rings. The van der Waals surface area contributed by atoms with Gasteiger partial charge in [-0.25, -0.2) is 4.98 Å². The molecule has 0 unspecified atom stereocenters. The van der Waals surface area contributed by atoms with E-state index in [0.29, 0.717) is 6.42 Å². The van der Waals surface area contributed by atoms with Gasteiger partial charge in [-0.1, -0.05) is 54.6 Å². The van der Waals surface area contributed by atoms with Gasteiger partial charge in [0.15, 0.2) is 4.96 Å².